The zero-order valence-corrected chi connectivity index (χ0v) is 12.0. The molecular weight excluding hydrogens is 314 g/mol. The molecule has 2 heterocycles. The Morgan fingerprint density at radius 2 is 2.14 bits per heavy atom. The van der Waals surface area contributed by atoms with Gasteiger partial charge >= 0.3 is 5.97 Å². The molecule has 0 fully saturated rings. The van der Waals surface area contributed by atoms with Gasteiger partial charge in [-0.05, 0) is 24.3 Å². The maximum atomic E-state index is 12.2. The van der Waals surface area contributed by atoms with Gasteiger partial charge in [-0.1, -0.05) is 0 Å². The maximum Gasteiger partial charge on any atom is 0.336 e. The number of hydrogen-bond donors (Lipinski definition) is 3. The number of aromatic carboxylic acids is 1. The number of thiophene rings is 1. The third kappa shape index (κ3) is 2.60. The van der Waals surface area contributed by atoms with E-state index in [0.29, 0.717) is 11.2 Å². The third-order valence-corrected chi connectivity index (χ3v) is 5.60. The molecule has 0 spiro atoms. The van der Waals surface area contributed by atoms with Crippen molar-refractivity contribution in [2.75, 3.05) is 4.72 Å². The molecule has 21 heavy (non-hydrogen) atoms. The molecule has 0 aliphatic heterocycles. The van der Waals surface area contributed by atoms with E-state index >= 15 is 0 Å². The lowest BCUT2D eigenvalue weighted by molar-refractivity contribution is 0.0697. The molecule has 0 saturated carbocycles. The van der Waals surface area contributed by atoms with Gasteiger partial charge in [-0.3, -0.25) is 9.82 Å². The average Bonchev–Trinajstić information content (AvgIpc) is 3.07. The first-order chi connectivity index (χ1) is 9.95. The SMILES string of the molecule is O=C(O)c1csc(S(=O)(=O)Nc2ccc3cn[nH]c3c2)c1. The summed E-state index contributed by atoms with van der Waals surface area (Å²) in [6, 6.07) is 6.09. The number of sulfonamides is 1. The minimum atomic E-state index is -3.81. The van der Waals surface area contributed by atoms with Gasteiger partial charge in [0.2, 0.25) is 0 Å². The summed E-state index contributed by atoms with van der Waals surface area (Å²) in [4.78, 5) is 10.8. The maximum absolute atomic E-state index is 12.2. The van der Waals surface area contributed by atoms with Gasteiger partial charge in [-0.15, -0.1) is 11.3 Å². The summed E-state index contributed by atoms with van der Waals surface area (Å²) >= 11 is 0.858. The van der Waals surface area contributed by atoms with E-state index in [0.717, 1.165) is 22.8 Å². The monoisotopic (exact) mass is 323 g/mol. The second-order valence-electron chi connectivity index (χ2n) is 4.24. The zero-order chi connectivity index (χ0) is 15.0. The third-order valence-electron chi connectivity index (χ3n) is 2.78. The Kier molecular flexibility index (Phi) is 3.15. The van der Waals surface area contributed by atoms with Crippen LogP contribution in [0, 0.1) is 0 Å². The molecule has 9 heteroatoms. The van der Waals surface area contributed by atoms with Crippen molar-refractivity contribution in [3.8, 4) is 0 Å². The second kappa shape index (κ2) is 4.86. The number of hydrogen-bond acceptors (Lipinski definition) is 5. The number of aromatic nitrogens is 2. The number of carboxylic acids is 1. The van der Waals surface area contributed by atoms with Crippen molar-refractivity contribution < 1.29 is 18.3 Å². The number of benzene rings is 1. The van der Waals surface area contributed by atoms with Crippen LogP contribution in [0.1, 0.15) is 10.4 Å². The molecule has 0 aliphatic rings. The first-order valence-electron chi connectivity index (χ1n) is 5.73. The molecule has 0 atom stereocenters. The van der Waals surface area contributed by atoms with Crippen LogP contribution in [0.25, 0.3) is 10.9 Å². The predicted octanol–water partition coefficient (Wildman–Crippen LogP) is 2.12. The highest BCUT2D eigenvalue weighted by Gasteiger charge is 2.19. The summed E-state index contributed by atoms with van der Waals surface area (Å²) in [6.45, 7) is 0. The molecule has 0 radical (unpaired) electrons. The van der Waals surface area contributed by atoms with Crippen LogP contribution in [0.2, 0.25) is 0 Å². The molecule has 108 valence electrons. The van der Waals surface area contributed by atoms with Gasteiger partial charge in [-0.2, -0.15) is 5.10 Å². The van der Waals surface area contributed by atoms with Crippen molar-refractivity contribution >= 4 is 43.9 Å². The van der Waals surface area contributed by atoms with Crippen LogP contribution >= 0.6 is 11.3 Å². The Hall–Kier alpha value is -2.39. The van der Waals surface area contributed by atoms with E-state index in [-0.39, 0.29) is 9.77 Å². The molecular formula is C12H9N3O4S2. The van der Waals surface area contributed by atoms with Gasteiger partial charge in [0.15, 0.2) is 0 Å². The molecule has 0 saturated heterocycles. The number of nitrogens with one attached hydrogen (secondary N) is 2. The first-order valence-corrected chi connectivity index (χ1v) is 8.10. The Balaban J connectivity index is 1.92. The number of carboxylic acid groups (broad SMARTS) is 1. The molecule has 0 amide bonds. The minimum absolute atomic E-state index is 0.0513. The lowest BCUT2D eigenvalue weighted by Crippen LogP contribution is -2.11. The number of rotatable bonds is 4. The Morgan fingerprint density at radius 3 is 2.86 bits per heavy atom. The van der Waals surface area contributed by atoms with Gasteiger partial charge in [0.25, 0.3) is 10.0 Å². The largest absolute Gasteiger partial charge is 0.478 e. The van der Waals surface area contributed by atoms with Gasteiger partial charge in [-0.25, -0.2) is 13.2 Å². The number of fused-ring (bicyclic) bond motifs is 1. The molecule has 3 N–H and O–H groups in total. The molecule has 1 aromatic carbocycles. The molecule has 3 rings (SSSR count). The highest BCUT2D eigenvalue weighted by Crippen LogP contribution is 2.24. The van der Waals surface area contributed by atoms with E-state index in [2.05, 4.69) is 14.9 Å². The lowest BCUT2D eigenvalue weighted by Gasteiger charge is -2.05. The fraction of sp³-hybridized carbons (Fsp3) is 0. The number of aromatic amines is 1. The summed E-state index contributed by atoms with van der Waals surface area (Å²) in [5.41, 5.74) is 1.02. The molecule has 7 nitrogen and oxygen atoms in total. The highest BCUT2D eigenvalue weighted by atomic mass is 32.2. The van der Waals surface area contributed by atoms with Crippen molar-refractivity contribution in [3.63, 3.8) is 0 Å². The molecule has 0 unspecified atom stereocenters. The number of H-pyrrole nitrogens is 1. The summed E-state index contributed by atoms with van der Waals surface area (Å²) in [7, 11) is -3.81. The lowest BCUT2D eigenvalue weighted by atomic mass is 10.2. The van der Waals surface area contributed by atoms with Crippen molar-refractivity contribution in [1.82, 2.24) is 10.2 Å². The summed E-state index contributed by atoms with van der Waals surface area (Å²) in [5.74, 6) is -1.16. The first kappa shape index (κ1) is 13.6. The zero-order valence-electron chi connectivity index (χ0n) is 10.4. The molecule has 0 bridgehead atoms. The predicted molar refractivity (Wildman–Crippen MR) is 78.2 cm³/mol. The van der Waals surface area contributed by atoms with Crippen molar-refractivity contribution in [2.24, 2.45) is 0 Å². The summed E-state index contributed by atoms with van der Waals surface area (Å²) in [6.07, 6.45) is 1.63. The highest BCUT2D eigenvalue weighted by molar-refractivity contribution is 7.94. The minimum Gasteiger partial charge on any atom is -0.478 e. The molecule has 0 aliphatic carbocycles. The van der Waals surface area contributed by atoms with Gasteiger partial charge in [0.05, 0.1) is 23.0 Å². The van der Waals surface area contributed by atoms with E-state index < -0.39 is 16.0 Å². The summed E-state index contributed by atoms with van der Waals surface area (Å²) in [5, 5.41) is 17.6. The standard InChI is InChI=1S/C12H9N3O4S2/c16-12(17)8-3-11(20-6-8)21(18,19)15-9-2-1-7-5-13-14-10(7)4-9/h1-6,15H,(H,13,14)(H,16,17). The van der Waals surface area contributed by atoms with Gasteiger partial charge in [0, 0.05) is 10.8 Å². The number of carbonyl (C=O) groups is 1. The quantitative estimate of drug-likeness (QED) is 0.681. The Morgan fingerprint density at radius 1 is 1.33 bits per heavy atom. The van der Waals surface area contributed by atoms with Crippen LogP contribution in [0.5, 0.6) is 0 Å². The van der Waals surface area contributed by atoms with E-state index in [4.69, 9.17) is 5.11 Å². The number of anilines is 1. The van der Waals surface area contributed by atoms with Crippen LogP contribution in [0.4, 0.5) is 5.69 Å². The smallest absolute Gasteiger partial charge is 0.336 e. The number of nitrogens with zero attached hydrogens (tertiary/aromatic N) is 1. The van der Waals surface area contributed by atoms with E-state index in [1.807, 2.05) is 0 Å². The van der Waals surface area contributed by atoms with E-state index in [1.54, 1.807) is 24.4 Å². The van der Waals surface area contributed by atoms with Crippen molar-refractivity contribution in [3.05, 3.63) is 41.4 Å². The Bertz CT molecular complexity index is 927. The van der Waals surface area contributed by atoms with Crippen LogP contribution in [0.15, 0.2) is 40.1 Å². The molecule has 3 aromatic rings. The van der Waals surface area contributed by atoms with Crippen molar-refractivity contribution in [1.29, 1.82) is 0 Å². The van der Waals surface area contributed by atoms with E-state index in [1.165, 1.54) is 5.38 Å². The van der Waals surface area contributed by atoms with Gasteiger partial charge < -0.3 is 5.11 Å². The summed E-state index contributed by atoms with van der Waals surface area (Å²) < 4.78 is 26.7. The van der Waals surface area contributed by atoms with Gasteiger partial charge in [0.1, 0.15) is 4.21 Å². The average molecular weight is 323 g/mol. The molecule has 2 aromatic heterocycles. The second-order valence-corrected chi connectivity index (χ2v) is 7.06. The fourth-order valence-electron chi connectivity index (χ4n) is 1.78. The normalized spacial score (nSPS) is 11.6. The van der Waals surface area contributed by atoms with Crippen LogP contribution in [0.3, 0.4) is 0 Å². The van der Waals surface area contributed by atoms with E-state index in [9.17, 15) is 13.2 Å². The van der Waals surface area contributed by atoms with Crippen LogP contribution < -0.4 is 4.72 Å². The Labute approximate surface area is 123 Å². The topological polar surface area (TPSA) is 112 Å². The fourth-order valence-corrected chi connectivity index (χ4v) is 3.98. The van der Waals surface area contributed by atoms with Crippen LogP contribution in [-0.2, 0) is 10.0 Å². The van der Waals surface area contributed by atoms with Crippen molar-refractivity contribution in [2.45, 2.75) is 4.21 Å². The van der Waals surface area contributed by atoms with Crippen LogP contribution in [-0.4, -0.2) is 29.7 Å².